The SMILES string of the molecule is Cn1cc(/C=C/C(=O)Nc2ccc(F)cc2Cl)cn1. The molecule has 0 aliphatic carbocycles. The Hall–Kier alpha value is -2.14. The van der Waals surface area contributed by atoms with E-state index in [1.54, 1.807) is 30.2 Å². The number of carbonyl (C=O) groups excluding carboxylic acids is 1. The standard InChI is InChI=1S/C13H11ClFN3O/c1-18-8-9(7-16-18)2-5-13(19)17-12-4-3-10(15)6-11(12)14/h2-8H,1H3,(H,17,19)/b5-2+. The van der Waals surface area contributed by atoms with Crippen LogP contribution >= 0.6 is 11.6 Å². The van der Waals surface area contributed by atoms with Gasteiger partial charge < -0.3 is 5.32 Å². The van der Waals surface area contributed by atoms with Crippen LogP contribution in [0.4, 0.5) is 10.1 Å². The summed E-state index contributed by atoms with van der Waals surface area (Å²) in [7, 11) is 1.79. The molecule has 0 atom stereocenters. The molecule has 19 heavy (non-hydrogen) atoms. The zero-order valence-corrected chi connectivity index (χ0v) is 10.9. The van der Waals surface area contributed by atoms with Crippen LogP contribution in [0.25, 0.3) is 6.08 Å². The van der Waals surface area contributed by atoms with E-state index in [0.29, 0.717) is 5.69 Å². The summed E-state index contributed by atoms with van der Waals surface area (Å²) < 4.78 is 14.5. The molecule has 2 aromatic rings. The van der Waals surface area contributed by atoms with Gasteiger partial charge in [-0.15, -0.1) is 0 Å². The second-order valence-electron chi connectivity index (χ2n) is 3.89. The van der Waals surface area contributed by atoms with Gasteiger partial charge in [-0.1, -0.05) is 11.6 Å². The average Bonchev–Trinajstić information content (AvgIpc) is 2.76. The molecule has 0 spiro atoms. The predicted octanol–water partition coefficient (Wildman–Crippen LogP) is 2.86. The van der Waals surface area contributed by atoms with E-state index in [1.807, 2.05) is 0 Å². The minimum absolute atomic E-state index is 0.156. The minimum Gasteiger partial charge on any atom is -0.321 e. The van der Waals surface area contributed by atoms with Gasteiger partial charge in [-0.05, 0) is 24.3 Å². The summed E-state index contributed by atoms with van der Waals surface area (Å²) in [5.74, 6) is -0.800. The molecule has 0 aliphatic rings. The summed E-state index contributed by atoms with van der Waals surface area (Å²) in [6, 6.07) is 3.78. The highest BCUT2D eigenvalue weighted by Gasteiger charge is 2.04. The third-order valence-corrected chi connectivity index (χ3v) is 2.65. The fourth-order valence-corrected chi connectivity index (χ4v) is 1.68. The van der Waals surface area contributed by atoms with Crippen LogP contribution in [0.1, 0.15) is 5.56 Å². The molecule has 0 fully saturated rings. The molecule has 1 aromatic heterocycles. The number of nitrogens with zero attached hydrogens (tertiary/aromatic N) is 2. The van der Waals surface area contributed by atoms with Crippen LogP contribution in [0.3, 0.4) is 0 Å². The second kappa shape index (κ2) is 5.67. The van der Waals surface area contributed by atoms with Gasteiger partial charge in [0.1, 0.15) is 5.82 Å². The summed E-state index contributed by atoms with van der Waals surface area (Å²) >= 11 is 5.80. The van der Waals surface area contributed by atoms with Gasteiger partial charge in [0, 0.05) is 24.9 Å². The molecule has 4 nitrogen and oxygen atoms in total. The van der Waals surface area contributed by atoms with Crippen molar-refractivity contribution >= 4 is 29.3 Å². The summed E-state index contributed by atoms with van der Waals surface area (Å²) in [5, 5.41) is 6.69. The van der Waals surface area contributed by atoms with Crippen molar-refractivity contribution in [1.82, 2.24) is 9.78 Å². The lowest BCUT2D eigenvalue weighted by molar-refractivity contribution is -0.111. The molecule has 0 unspecified atom stereocenters. The number of amides is 1. The molecule has 0 saturated heterocycles. The molecule has 0 radical (unpaired) electrons. The van der Waals surface area contributed by atoms with Gasteiger partial charge in [-0.25, -0.2) is 4.39 Å². The number of halogens is 2. The zero-order valence-electron chi connectivity index (χ0n) is 10.1. The maximum atomic E-state index is 12.8. The first-order chi connectivity index (χ1) is 9.04. The zero-order chi connectivity index (χ0) is 13.8. The lowest BCUT2D eigenvalue weighted by Gasteiger charge is -2.04. The lowest BCUT2D eigenvalue weighted by atomic mass is 10.3. The van der Waals surface area contributed by atoms with Gasteiger partial charge >= 0.3 is 0 Å². The van der Waals surface area contributed by atoms with Crippen LogP contribution < -0.4 is 5.32 Å². The molecule has 0 bridgehead atoms. The molecule has 2 rings (SSSR count). The number of nitrogens with one attached hydrogen (secondary N) is 1. The third-order valence-electron chi connectivity index (χ3n) is 2.34. The molecule has 1 aromatic carbocycles. The molecule has 1 amide bonds. The predicted molar refractivity (Wildman–Crippen MR) is 72.3 cm³/mol. The highest BCUT2D eigenvalue weighted by Crippen LogP contribution is 2.22. The van der Waals surface area contributed by atoms with E-state index in [4.69, 9.17) is 11.6 Å². The monoisotopic (exact) mass is 279 g/mol. The number of anilines is 1. The number of hydrogen-bond acceptors (Lipinski definition) is 2. The number of rotatable bonds is 3. The van der Waals surface area contributed by atoms with Crippen LogP contribution in [-0.2, 0) is 11.8 Å². The van der Waals surface area contributed by atoms with Gasteiger partial charge in [0.25, 0.3) is 0 Å². The Morgan fingerprint density at radius 3 is 2.95 bits per heavy atom. The highest BCUT2D eigenvalue weighted by atomic mass is 35.5. The minimum atomic E-state index is -0.450. The normalized spacial score (nSPS) is 10.9. The maximum absolute atomic E-state index is 12.8. The number of benzene rings is 1. The van der Waals surface area contributed by atoms with Crippen molar-refractivity contribution in [3.05, 3.63) is 53.1 Å². The van der Waals surface area contributed by atoms with Crippen molar-refractivity contribution in [1.29, 1.82) is 0 Å². The second-order valence-corrected chi connectivity index (χ2v) is 4.30. The molecule has 1 N–H and O–H groups in total. The first kappa shape index (κ1) is 13.3. The Kier molecular flexibility index (Phi) is 3.97. The van der Waals surface area contributed by atoms with Crippen molar-refractivity contribution in [2.24, 2.45) is 7.05 Å². The van der Waals surface area contributed by atoms with E-state index >= 15 is 0 Å². The first-order valence-electron chi connectivity index (χ1n) is 5.47. The van der Waals surface area contributed by atoms with E-state index in [2.05, 4.69) is 10.4 Å². The van der Waals surface area contributed by atoms with E-state index in [0.717, 1.165) is 11.6 Å². The fourth-order valence-electron chi connectivity index (χ4n) is 1.46. The number of aromatic nitrogens is 2. The van der Waals surface area contributed by atoms with Gasteiger partial charge in [0.05, 0.1) is 16.9 Å². The largest absolute Gasteiger partial charge is 0.321 e. The first-order valence-corrected chi connectivity index (χ1v) is 5.85. The van der Waals surface area contributed by atoms with Gasteiger partial charge in [0.15, 0.2) is 0 Å². The topological polar surface area (TPSA) is 46.9 Å². The van der Waals surface area contributed by atoms with Crippen molar-refractivity contribution in [3.63, 3.8) is 0 Å². The van der Waals surface area contributed by atoms with Crippen molar-refractivity contribution in [2.75, 3.05) is 5.32 Å². The van der Waals surface area contributed by atoms with Gasteiger partial charge in [-0.2, -0.15) is 5.10 Å². The van der Waals surface area contributed by atoms with E-state index in [1.165, 1.54) is 18.2 Å². The Labute approximate surface area is 114 Å². The molecule has 6 heteroatoms. The number of carbonyl (C=O) groups is 1. The maximum Gasteiger partial charge on any atom is 0.248 e. The lowest BCUT2D eigenvalue weighted by Crippen LogP contribution is -2.08. The van der Waals surface area contributed by atoms with Gasteiger partial charge in [-0.3, -0.25) is 9.48 Å². The molecule has 98 valence electrons. The van der Waals surface area contributed by atoms with E-state index < -0.39 is 5.82 Å². The van der Waals surface area contributed by atoms with E-state index in [9.17, 15) is 9.18 Å². The molecular formula is C13H11ClFN3O. The van der Waals surface area contributed by atoms with Crippen LogP contribution in [-0.4, -0.2) is 15.7 Å². The van der Waals surface area contributed by atoms with Crippen LogP contribution in [0.15, 0.2) is 36.7 Å². The van der Waals surface area contributed by atoms with Crippen LogP contribution in [0.2, 0.25) is 5.02 Å². The van der Waals surface area contributed by atoms with Crippen molar-refractivity contribution in [3.8, 4) is 0 Å². The van der Waals surface area contributed by atoms with Crippen LogP contribution in [0.5, 0.6) is 0 Å². The molecule has 0 aliphatic heterocycles. The van der Waals surface area contributed by atoms with Crippen molar-refractivity contribution in [2.45, 2.75) is 0 Å². The van der Waals surface area contributed by atoms with Crippen LogP contribution in [0, 0.1) is 5.82 Å². The number of aryl methyl sites for hydroxylation is 1. The third kappa shape index (κ3) is 3.66. The summed E-state index contributed by atoms with van der Waals surface area (Å²) in [5.41, 5.74) is 1.17. The molecule has 0 saturated carbocycles. The quantitative estimate of drug-likeness (QED) is 0.878. The summed E-state index contributed by atoms with van der Waals surface area (Å²) in [6.07, 6.45) is 6.39. The Balaban J connectivity index is 2.03. The van der Waals surface area contributed by atoms with Gasteiger partial charge in [0.2, 0.25) is 5.91 Å². The smallest absolute Gasteiger partial charge is 0.248 e. The van der Waals surface area contributed by atoms with Crippen molar-refractivity contribution < 1.29 is 9.18 Å². The Morgan fingerprint density at radius 2 is 2.32 bits per heavy atom. The molecule has 1 heterocycles. The Bertz CT molecular complexity index is 637. The Morgan fingerprint density at radius 1 is 1.53 bits per heavy atom. The molecular weight excluding hydrogens is 269 g/mol. The van der Waals surface area contributed by atoms with E-state index in [-0.39, 0.29) is 10.9 Å². The highest BCUT2D eigenvalue weighted by molar-refractivity contribution is 6.33. The fraction of sp³-hybridized carbons (Fsp3) is 0.0769. The number of hydrogen-bond donors (Lipinski definition) is 1. The summed E-state index contributed by atoms with van der Waals surface area (Å²) in [4.78, 5) is 11.7. The average molecular weight is 280 g/mol. The summed E-state index contributed by atoms with van der Waals surface area (Å²) in [6.45, 7) is 0.